The number of nitrogens with one attached hydrogen (secondary N) is 1. The van der Waals surface area contributed by atoms with E-state index < -0.39 is 0 Å². The summed E-state index contributed by atoms with van der Waals surface area (Å²) in [5.41, 5.74) is 3.26. The topological polar surface area (TPSA) is 69.7 Å². The molecule has 5 rings (SSSR count). The van der Waals surface area contributed by atoms with Gasteiger partial charge in [0, 0.05) is 36.3 Å². The number of carbonyl (C=O) groups is 1. The molecule has 0 bridgehead atoms. The number of carbonyl (C=O) groups excluding carboxylic acids is 1. The number of rotatable bonds is 4. The van der Waals surface area contributed by atoms with E-state index in [0.717, 1.165) is 46.5 Å². The molecule has 1 fully saturated rings. The van der Waals surface area contributed by atoms with Crippen molar-refractivity contribution in [2.75, 3.05) is 26.6 Å². The van der Waals surface area contributed by atoms with Gasteiger partial charge in [-0.25, -0.2) is 0 Å². The van der Waals surface area contributed by atoms with Crippen molar-refractivity contribution in [3.63, 3.8) is 0 Å². The first-order valence-corrected chi connectivity index (χ1v) is 10.3. The zero-order valence-electron chi connectivity index (χ0n) is 16.9. The van der Waals surface area contributed by atoms with Crippen LogP contribution in [-0.4, -0.2) is 37.4 Å². The van der Waals surface area contributed by atoms with Crippen LogP contribution in [0.15, 0.2) is 48.5 Å². The molecular weight excluding hydrogens is 380 g/mol. The van der Waals surface area contributed by atoms with Gasteiger partial charge in [-0.15, -0.1) is 0 Å². The predicted octanol–water partition coefficient (Wildman–Crippen LogP) is 3.75. The van der Waals surface area contributed by atoms with Gasteiger partial charge in [-0.2, -0.15) is 0 Å². The van der Waals surface area contributed by atoms with Crippen LogP contribution in [0.2, 0.25) is 0 Å². The van der Waals surface area contributed by atoms with E-state index in [9.17, 15) is 4.79 Å². The predicted molar refractivity (Wildman–Crippen MR) is 113 cm³/mol. The zero-order chi connectivity index (χ0) is 20.6. The number of amides is 1. The van der Waals surface area contributed by atoms with Crippen LogP contribution < -0.4 is 14.8 Å². The van der Waals surface area contributed by atoms with Crippen molar-refractivity contribution in [1.82, 2.24) is 10.3 Å². The molecule has 1 aromatic heterocycles. The summed E-state index contributed by atoms with van der Waals surface area (Å²) in [4.78, 5) is 17.7. The molecule has 2 aliphatic rings. The van der Waals surface area contributed by atoms with Gasteiger partial charge in [-0.3, -0.25) is 9.78 Å². The lowest BCUT2D eigenvalue weighted by Gasteiger charge is -2.38. The highest BCUT2D eigenvalue weighted by molar-refractivity contribution is 6.06. The molecule has 1 N–H and O–H groups in total. The number of hydrogen-bond donors (Lipinski definition) is 1. The second-order valence-corrected chi connectivity index (χ2v) is 7.97. The Kier molecular flexibility index (Phi) is 4.79. The molecule has 0 radical (unpaired) electrons. The minimum absolute atomic E-state index is 0.0803. The fourth-order valence-electron chi connectivity index (χ4n) is 4.40. The standard InChI is InChI=1S/C24H24N2O4/c1-16-12-19(18-4-2-3-5-20(18)26-16)23(27)25-14-24(8-10-28-11-9-24)17-6-7-21-22(13-17)30-15-29-21/h2-7,12-13H,8-11,14-15H2,1H3,(H,25,27). The minimum atomic E-state index is -0.202. The lowest BCUT2D eigenvalue weighted by Crippen LogP contribution is -2.44. The number of hydrogen-bond acceptors (Lipinski definition) is 5. The first kappa shape index (κ1) is 18.9. The Balaban J connectivity index is 1.44. The normalized spacial score (nSPS) is 17.1. The molecule has 2 aromatic carbocycles. The number of para-hydroxylation sites is 1. The van der Waals surface area contributed by atoms with E-state index in [-0.39, 0.29) is 18.1 Å². The quantitative estimate of drug-likeness (QED) is 0.717. The smallest absolute Gasteiger partial charge is 0.252 e. The van der Waals surface area contributed by atoms with E-state index in [1.54, 1.807) is 0 Å². The number of ether oxygens (including phenoxy) is 3. The summed E-state index contributed by atoms with van der Waals surface area (Å²) >= 11 is 0. The van der Waals surface area contributed by atoms with Crippen molar-refractivity contribution in [3.05, 3.63) is 65.4 Å². The highest BCUT2D eigenvalue weighted by Crippen LogP contribution is 2.40. The summed E-state index contributed by atoms with van der Waals surface area (Å²) in [6.07, 6.45) is 1.67. The number of aryl methyl sites for hydroxylation is 1. The SMILES string of the molecule is Cc1cc(C(=O)NCC2(c3ccc4c(c3)OCO4)CCOCC2)c2ccccc2n1. The highest BCUT2D eigenvalue weighted by atomic mass is 16.7. The van der Waals surface area contributed by atoms with E-state index in [4.69, 9.17) is 14.2 Å². The van der Waals surface area contributed by atoms with E-state index >= 15 is 0 Å². The molecule has 3 heterocycles. The van der Waals surface area contributed by atoms with Crippen molar-refractivity contribution in [3.8, 4) is 11.5 Å². The third-order valence-corrected chi connectivity index (χ3v) is 6.11. The molecule has 6 nitrogen and oxygen atoms in total. The van der Waals surface area contributed by atoms with Gasteiger partial charge in [0.15, 0.2) is 11.5 Å². The maximum Gasteiger partial charge on any atom is 0.252 e. The lowest BCUT2D eigenvalue weighted by molar-refractivity contribution is 0.0486. The summed E-state index contributed by atoms with van der Waals surface area (Å²) in [5, 5.41) is 4.07. The van der Waals surface area contributed by atoms with E-state index in [0.29, 0.717) is 25.3 Å². The first-order valence-electron chi connectivity index (χ1n) is 10.3. The molecule has 0 aliphatic carbocycles. The number of aromatic nitrogens is 1. The van der Waals surface area contributed by atoms with Gasteiger partial charge in [0.05, 0.1) is 11.1 Å². The van der Waals surface area contributed by atoms with Crippen LogP contribution in [-0.2, 0) is 10.2 Å². The zero-order valence-corrected chi connectivity index (χ0v) is 16.9. The third kappa shape index (κ3) is 3.37. The van der Waals surface area contributed by atoms with Crippen molar-refractivity contribution in [2.24, 2.45) is 0 Å². The number of benzene rings is 2. The van der Waals surface area contributed by atoms with Crippen molar-refractivity contribution >= 4 is 16.8 Å². The average molecular weight is 404 g/mol. The summed E-state index contributed by atoms with van der Waals surface area (Å²) in [5.74, 6) is 1.45. The molecule has 3 aromatic rings. The average Bonchev–Trinajstić information content (AvgIpc) is 3.25. The van der Waals surface area contributed by atoms with Crippen LogP contribution in [0.3, 0.4) is 0 Å². The molecule has 0 saturated carbocycles. The third-order valence-electron chi connectivity index (χ3n) is 6.11. The van der Waals surface area contributed by atoms with Crippen LogP contribution in [0.4, 0.5) is 0 Å². The maximum atomic E-state index is 13.2. The van der Waals surface area contributed by atoms with E-state index in [1.165, 1.54) is 0 Å². The van der Waals surface area contributed by atoms with Crippen LogP contribution >= 0.6 is 0 Å². The number of nitrogens with zero attached hydrogens (tertiary/aromatic N) is 1. The first-order chi connectivity index (χ1) is 14.6. The van der Waals surface area contributed by atoms with Gasteiger partial charge in [-0.1, -0.05) is 24.3 Å². The van der Waals surface area contributed by atoms with Crippen LogP contribution in [0, 0.1) is 6.92 Å². The molecule has 1 amide bonds. The summed E-state index contributed by atoms with van der Waals surface area (Å²) in [6, 6.07) is 15.7. The minimum Gasteiger partial charge on any atom is -0.454 e. The Bertz CT molecular complexity index is 1110. The largest absolute Gasteiger partial charge is 0.454 e. The molecule has 0 unspecified atom stereocenters. The Hall–Kier alpha value is -3.12. The molecule has 2 aliphatic heterocycles. The van der Waals surface area contributed by atoms with Gasteiger partial charge in [0.25, 0.3) is 5.91 Å². The Morgan fingerprint density at radius 2 is 1.87 bits per heavy atom. The Labute approximate surface area is 175 Å². The van der Waals surface area contributed by atoms with Crippen molar-refractivity contribution in [1.29, 1.82) is 0 Å². The maximum absolute atomic E-state index is 13.2. The molecule has 30 heavy (non-hydrogen) atoms. The molecule has 6 heteroatoms. The van der Waals surface area contributed by atoms with Gasteiger partial charge in [0.1, 0.15) is 0 Å². The molecule has 0 atom stereocenters. The fraction of sp³-hybridized carbons (Fsp3) is 0.333. The molecular formula is C24H24N2O4. The molecule has 0 spiro atoms. The summed E-state index contributed by atoms with van der Waals surface area (Å²) in [6.45, 7) is 4.03. The van der Waals surface area contributed by atoms with Crippen molar-refractivity contribution in [2.45, 2.75) is 25.2 Å². The molecule has 1 saturated heterocycles. The molecule has 154 valence electrons. The van der Waals surface area contributed by atoms with Gasteiger partial charge >= 0.3 is 0 Å². The second kappa shape index (κ2) is 7.61. The van der Waals surface area contributed by atoms with Crippen LogP contribution in [0.5, 0.6) is 11.5 Å². The van der Waals surface area contributed by atoms with Crippen LogP contribution in [0.1, 0.15) is 34.5 Å². The number of fused-ring (bicyclic) bond motifs is 2. The van der Waals surface area contributed by atoms with E-state index in [1.807, 2.05) is 49.4 Å². The van der Waals surface area contributed by atoms with Crippen LogP contribution in [0.25, 0.3) is 10.9 Å². The van der Waals surface area contributed by atoms with E-state index in [2.05, 4.69) is 16.4 Å². The summed E-state index contributed by atoms with van der Waals surface area (Å²) < 4.78 is 16.7. The Morgan fingerprint density at radius 3 is 2.73 bits per heavy atom. The fourth-order valence-corrected chi connectivity index (χ4v) is 4.40. The lowest BCUT2D eigenvalue weighted by atomic mass is 9.74. The second-order valence-electron chi connectivity index (χ2n) is 7.97. The monoisotopic (exact) mass is 404 g/mol. The van der Waals surface area contributed by atoms with Gasteiger partial charge in [-0.05, 0) is 49.6 Å². The Morgan fingerprint density at radius 1 is 1.07 bits per heavy atom. The van der Waals surface area contributed by atoms with Gasteiger partial charge in [0.2, 0.25) is 6.79 Å². The number of pyridine rings is 1. The highest BCUT2D eigenvalue weighted by Gasteiger charge is 2.36. The van der Waals surface area contributed by atoms with Crippen molar-refractivity contribution < 1.29 is 19.0 Å². The van der Waals surface area contributed by atoms with Gasteiger partial charge < -0.3 is 19.5 Å². The summed E-state index contributed by atoms with van der Waals surface area (Å²) in [7, 11) is 0.